The SMILES string of the molecule is CCCOc1ccc(-c2cccc(/C=C\C(=O)N3CCN(C(=O)c4cc(OC)c(OC)c(OC)c4)CC3)c2)cc1OCCC. The lowest BCUT2D eigenvalue weighted by Crippen LogP contribution is -2.50. The molecule has 234 valence electrons. The second-order valence-corrected chi connectivity index (χ2v) is 10.3. The van der Waals surface area contributed by atoms with Crippen molar-refractivity contribution in [1.82, 2.24) is 9.80 Å². The third-order valence-corrected chi connectivity index (χ3v) is 7.30. The molecule has 9 nitrogen and oxygen atoms in total. The summed E-state index contributed by atoms with van der Waals surface area (Å²) in [6.07, 6.45) is 5.24. The molecule has 0 unspecified atom stereocenters. The van der Waals surface area contributed by atoms with Crippen LogP contribution in [0, 0.1) is 0 Å². The fourth-order valence-electron chi connectivity index (χ4n) is 4.96. The molecule has 9 heteroatoms. The van der Waals surface area contributed by atoms with Gasteiger partial charge in [0.25, 0.3) is 5.91 Å². The van der Waals surface area contributed by atoms with Crippen molar-refractivity contribution in [3.63, 3.8) is 0 Å². The topological polar surface area (TPSA) is 86.8 Å². The molecule has 0 radical (unpaired) electrons. The smallest absolute Gasteiger partial charge is 0.254 e. The van der Waals surface area contributed by atoms with Crippen LogP contribution in [0.5, 0.6) is 28.7 Å². The van der Waals surface area contributed by atoms with E-state index >= 15 is 0 Å². The van der Waals surface area contributed by atoms with Crippen LogP contribution in [0.4, 0.5) is 0 Å². The van der Waals surface area contributed by atoms with E-state index in [1.807, 2.05) is 48.5 Å². The van der Waals surface area contributed by atoms with Crippen molar-refractivity contribution >= 4 is 17.9 Å². The average molecular weight is 603 g/mol. The van der Waals surface area contributed by atoms with Gasteiger partial charge < -0.3 is 33.5 Å². The predicted octanol–water partition coefficient (Wildman–Crippen LogP) is 5.95. The summed E-state index contributed by atoms with van der Waals surface area (Å²) in [5, 5.41) is 0. The summed E-state index contributed by atoms with van der Waals surface area (Å²) in [6, 6.07) is 17.3. The number of hydrogen-bond acceptors (Lipinski definition) is 7. The molecule has 0 aliphatic carbocycles. The summed E-state index contributed by atoms with van der Waals surface area (Å²) < 4.78 is 28.0. The van der Waals surface area contributed by atoms with Gasteiger partial charge in [-0.05, 0) is 65.9 Å². The first-order chi connectivity index (χ1) is 21.4. The molecule has 2 amide bonds. The van der Waals surface area contributed by atoms with E-state index in [9.17, 15) is 9.59 Å². The van der Waals surface area contributed by atoms with E-state index in [0.29, 0.717) is 62.2 Å². The molecular formula is C35H42N2O7. The van der Waals surface area contributed by atoms with Crippen LogP contribution in [0.3, 0.4) is 0 Å². The van der Waals surface area contributed by atoms with E-state index in [1.165, 1.54) is 21.3 Å². The molecule has 0 spiro atoms. The average Bonchev–Trinajstić information content (AvgIpc) is 3.07. The highest BCUT2D eigenvalue weighted by molar-refractivity contribution is 5.96. The van der Waals surface area contributed by atoms with Gasteiger partial charge in [-0.3, -0.25) is 9.59 Å². The van der Waals surface area contributed by atoms with E-state index < -0.39 is 0 Å². The largest absolute Gasteiger partial charge is 0.493 e. The van der Waals surface area contributed by atoms with Gasteiger partial charge in [0.05, 0.1) is 34.5 Å². The Morgan fingerprint density at radius 1 is 0.705 bits per heavy atom. The molecule has 3 aromatic carbocycles. The van der Waals surface area contributed by atoms with Crippen LogP contribution < -0.4 is 23.7 Å². The lowest BCUT2D eigenvalue weighted by molar-refractivity contribution is -0.127. The van der Waals surface area contributed by atoms with Gasteiger partial charge in [-0.25, -0.2) is 0 Å². The number of piperazine rings is 1. The van der Waals surface area contributed by atoms with Gasteiger partial charge in [0, 0.05) is 37.8 Å². The minimum absolute atomic E-state index is 0.0945. The van der Waals surface area contributed by atoms with E-state index in [1.54, 1.807) is 28.0 Å². The van der Waals surface area contributed by atoms with Gasteiger partial charge >= 0.3 is 0 Å². The molecule has 0 atom stereocenters. The van der Waals surface area contributed by atoms with Crippen LogP contribution in [0.2, 0.25) is 0 Å². The molecule has 1 aliphatic heterocycles. The van der Waals surface area contributed by atoms with Gasteiger partial charge in [-0.15, -0.1) is 0 Å². The molecule has 1 aliphatic rings. The summed E-state index contributed by atoms with van der Waals surface area (Å²) in [5.74, 6) is 2.50. The Morgan fingerprint density at radius 3 is 1.93 bits per heavy atom. The first-order valence-electron chi connectivity index (χ1n) is 15.0. The maximum Gasteiger partial charge on any atom is 0.254 e. The van der Waals surface area contributed by atoms with Gasteiger partial charge in [0.2, 0.25) is 11.7 Å². The number of methoxy groups -OCH3 is 3. The van der Waals surface area contributed by atoms with Crippen LogP contribution in [0.25, 0.3) is 17.2 Å². The summed E-state index contributed by atoms with van der Waals surface area (Å²) in [4.78, 5) is 29.8. The Morgan fingerprint density at radius 2 is 1.32 bits per heavy atom. The van der Waals surface area contributed by atoms with Gasteiger partial charge in [0.15, 0.2) is 23.0 Å². The number of hydrogen-bond donors (Lipinski definition) is 0. The Bertz CT molecular complexity index is 1440. The summed E-state index contributed by atoms with van der Waals surface area (Å²) in [6.45, 7) is 7.11. The number of carbonyl (C=O) groups excluding carboxylic acids is 2. The summed E-state index contributed by atoms with van der Waals surface area (Å²) in [7, 11) is 4.55. The number of amides is 2. The third-order valence-electron chi connectivity index (χ3n) is 7.30. The lowest BCUT2D eigenvalue weighted by Gasteiger charge is -2.34. The predicted molar refractivity (Wildman–Crippen MR) is 171 cm³/mol. The fourth-order valence-corrected chi connectivity index (χ4v) is 4.96. The van der Waals surface area contributed by atoms with E-state index in [4.69, 9.17) is 23.7 Å². The van der Waals surface area contributed by atoms with Crippen molar-refractivity contribution < 1.29 is 33.3 Å². The molecule has 0 bridgehead atoms. The van der Waals surface area contributed by atoms with E-state index in [2.05, 4.69) is 13.8 Å². The second kappa shape index (κ2) is 15.7. The first-order valence-corrected chi connectivity index (χ1v) is 15.0. The number of benzene rings is 3. The molecule has 1 saturated heterocycles. The molecule has 4 rings (SSSR count). The zero-order chi connectivity index (χ0) is 31.5. The van der Waals surface area contributed by atoms with Crippen LogP contribution in [0.15, 0.2) is 60.7 Å². The Hall–Kier alpha value is -4.66. The van der Waals surface area contributed by atoms with Crippen molar-refractivity contribution in [3.05, 3.63) is 71.8 Å². The number of rotatable bonds is 13. The summed E-state index contributed by atoms with van der Waals surface area (Å²) in [5.41, 5.74) is 3.37. The first kappa shape index (κ1) is 32.3. The van der Waals surface area contributed by atoms with E-state index in [0.717, 1.165) is 41.0 Å². The van der Waals surface area contributed by atoms with Crippen molar-refractivity contribution in [2.75, 3.05) is 60.7 Å². The highest BCUT2D eigenvalue weighted by atomic mass is 16.5. The minimum atomic E-state index is -0.156. The lowest BCUT2D eigenvalue weighted by atomic mass is 10.0. The van der Waals surface area contributed by atoms with Crippen LogP contribution in [0.1, 0.15) is 42.6 Å². The monoisotopic (exact) mass is 602 g/mol. The van der Waals surface area contributed by atoms with Crippen LogP contribution in [-0.2, 0) is 4.79 Å². The Labute approximate surface area is 259 Å². The Kier molecular flexibility index (Phi) is 11.5. The molecular weight excluding hydrogens is 560 g/mol. The minimum Gasteiger partial charge on any atom is -0.493 e. The quantitative estimate of drug-likeness (QED) is 0.223. The number of carbonyl (C=O) groups is 2. The van der Waals surface area contributed by atoms with Crippen LogP contribution in [-0.4, -0.2) is 82.3 Å². The zero-order valence-electron chi connectivity index (χ0n) is 26.3. The molecule has 44 heavy (non-hydrogen) atoms. The number of nitrogens with zero attached hydrogens (tertiary/aromatic N) is 2. The third kappa shape index (κ3) is 7.83. The molecule has 0 aromatic heterocycles. The Balaban J connectivity index is 1.39. The van der Waals surface area contributed by atoms with Gasteiger partial charge in [-0.1, -0.05) is 38.1 Å². The standard InChI is InChI=1S/C35H42N2O7/c1-6-19-43-29-13-12-27(22-30(29)44-20-7-2)26-10-8-9-25(21-26)11-14-33(38)36-15-17-37(18-16-36)35(39)28-23-31(40-3)34(42-5)32(24-28)41-4/h8-14,21-24H,6-7,15-20H2,1-5H3/b14-11-. The zero-order valence-corrected chi connectivity index (χ0v) is 26.3. The maximum absolute atomic E-state index is 13.3. The van der Waals surface area contributed by atoms with Crippen LogP contribution >= 0.6 is 0 Å². The molecule has 1 heterocycles. The van der Waals surface area contributed by atoms with E-state index in [-0.39, 0.29) is 11.8 Å². The van der Waals surface area contributed by atoms with Crippen molar-refractivity contribution in [2.45, 2.75) is 26.7 Å². The van der Waals surface area contributed by atoms with Crippen molar-refractivity contribution in [1.29, 1.82) is 0 Å². The highest BCUT2D eigenvalue weighted by Crippen LogP contribution is 2.38. The fraction of sp³-hybridized carbons (Fsp3) is 0.371. The van der Waals surface area contributed by atoms with Crippen molar-refractivity contribution in [3.8, 4) is 39.9 Å². The maximum atomic E-state index is 13.3. The summed E-state index contributed by atoms with van der Waals surface area (Å²) >= 11 is 0. The van der Waals surface area contributed by atoms with Crippen molar-refractivity contribution in [2.24, 2.45) is 0 Å². The molecule has 0 saturated carbocycles. The second-order valence-electron chi connectivity index (χ2n) is 10.3. The van der Waals surface area contributed by atoms with Gasteiger partial charge in [0.1, 0.15) is 0 Å². The molecule has 0 N–H and O–H groups in total. The molecule has 1 fully saturated rings. The highest BCUT2D eigenvalue weighted by Gasteiger charge is 2.26. The van der Waals surface area contributed by atoms with Gasteiger partial charge in [-0.2, -0.15) is 0 Å². The number of ether oxygens (including phenoxy) is 5. The molecule has 3 aromatic rings. The normalized spacial score (nSPS) is 13.1.